The Balaban J connectivity index is 0.00000103. The molecule has 0 fully saturated rings. The maximum atomic E-state index is 11.7. The van der Waals surface area contributed by atoms with Crippen LogP contribution in [0, 0.1) is 0 Å². The minimum atomic E-state index is -1.31. The maximum Gasteiger partial charge on any atom is 0.314 e. The zero-order chi connectivity index (χ0) is 23.3. The Kier molecular flexibility index (Phi) is 12.2. The SMILES string of the molecule is CCCCCC(CC)(CC)c1c(C=O)cc(OC)c(O)c1OC.O=C(O)CC(=O)O. The summed E-state index contributed by atoms with van der Waals surface area (Å²) < 4.78 is 10.7. The first-order valence-corrected chi connectivity index (χ1v) is 10.0. The number of aldehydes is 1. The largest absolute Gasteiger partial charge is 0.502 e. The van der Waals surface area contributed by atoms with Crippen LogP contribution in [0.25, 0.3) is 0 Å². The van der Waals surface area contributed by atoms with E-state index in [2.05, 4.69) is 20.8 Å². The Bertz CT molecular complexity index is 696. The molecule has 1 rings (SSSR count). The summed E-state index contributed by atoms with van der Waals surface area (Å²) >= 11 is 0. The number of hydrogen-bond acceptors (Lipinski definition) is 6. The minimum absolute atomic E-state index is 0.0302. The van der Waals surface area contributed by atoms with Gasteiger partial charge in [0, 0.05) is 11.1 Å². The van der Waals surface area contributed by atoms with E-state index < -0.39 is 18.4 Å². The highest BCUT2D eigenvalue weighted by atomic mass is 16.5. The van der Waals surface area contributed by atoms with E-state index in [-0.39, 0.29) is 16.9 Å². The number of rotatable bonds is 12. The van der Waals surface area contributed by atoms with Gasteiger partial charge in [-0.3, -0.25) is 14.4 Å². The Hall–Kier alpha value is -2.77. The molecule has 1 aromatic rings. The number of carboxylic acid groups (broad SMARTS) is 2. The fraction of sp³-hybridized carbons (Fsp3) is 0.591. The second-order valence-corrected chi connectivity index (χ2v) is 6.95. The van der Waals surface area contributed by atoms with Crippen LogP contribution in [0.4, 0.5) is 0 Å². The highest BCUT2D eigenvalue weighted by Crippen LogP contribution is 2.49. The average molecular weight is 427 g/mol. The monoisotopic (exact) mass is 426 g/mol. The standard InChI is InChI=1S/C19H30O4.C3H4O4/c1-6-9-10-11-19(7-2,8-3)16-14(13-20)12-15(22-4)17(21)18(16)23-5;4-2(5)1-3(6)7/h12-13,21H,6-11H2,1-5H3;1H2,(H,4,5)(H,6,7). The second-order valence-electron chi connectivity index (χ2n) is 6.95. The van der Waals surface area contributed by atoms with Crippen molar-refractivity contribution >= 4 is 18.2 Å². The molecule has 0 aliphatic carbocycles. The van der Waals surface area contributed by atoms with Gasteiger partial charge in [0.25, 0.3) is 0 Å². The van der Waals surface area contributed by atoms with Crippen LogP contribution in [0.3, 0.4) is 0 Å². The first kappa shape index (κ1) is 27.2. The van der Waals surface area contributed by atoms with Crippen molar-refractivity contribution in [2.75, 3.05) is 14.2 Å². The molecule has 0 saturated carbocycles. The molecule has 0 spiro atoms. The molecule has 8 heteroatoms. The lowest BCUT2D eigenvalue weighted by Crippen LogP contribution is -2.27. The van der Waals surface area contributed by atoms with Crippen LogP contribution < -0.4 is 9.47 Å². The molecule has 0 amide bonds. The Morgan fingerprint density at radius 2 is 1.60 bits per heavy atom. The third kappa shape index (κ3) is 7.24. The van der Waals surface area contributed by atoms with Gasteiger partial charge in [-0.2, -0.15) is 0 Å². The summed E-state index contributed by atoms with van der Waals surface area (Å²) in [6.45, 7) is 6.44. The summed E-state index contributed by atoms with van der Waals surface area (Å²) in [5.41, 5.74) is 1.17. The number of hydrogen-bond donors (Lipinski definition) is 3. The fourth-order valence-corrected chi connectivity index (χ4v) is 3.56. The number of carbonyl (C=O) groups excluding carboxylic acids is 1. The Morgan fingerprint density at radius 1 is 1.03 bits per heavy atom. The minimum Gasteiger partial charge on any atom is -0.502 e. The van der Waals surface area contributed by atoms with Crippen molar-refractivity contribution in [1.82, 2.24) is 0 Å². The number of phenolic OH excluding ortho intramolecular Hbond substituents is 1. The van der Waals surface area contributed by atoms with E-state index in [1.165, 1.54) is 14.2 Å². The quantitative estimate of drug-likeness (QED) is 0.255. The van der Waals surface area contributed by atoms with E-state index in [1.54, 1.807) is 6.07 Å². The van der Waals surface area contributed by atoms with Gasteiger partial charge in [0.2, 0.25) is 5.75 Å². The molecule has 8 nitrogen and oxygen atoms in total. The van der Waals surface area contributed by atoms with E-state index in [1.807, 2.05) is 0 Å². The van der Waals surface area contributed by atoms with E-state index in [9.17, 15) is 19.5 Å². The van der Waals surface area contributed by atoms with Crippen molar-refractivity contribution in [3.63, 3.8) is 0 Å². The Labute approximate surface area is 177 Å². The van der Waals surface area contributed by atoms with Gasteiger partial charge >= 0.3 is 11.9 Å². The second kappa shape index (κ2) is 13.5. The van der Waals surface area contributed by atoms with E-state index in [0.717, 1.165) is 50.4 Å². The molecule has 3 N–H and O–H groups in total. The predicted octanol–water partition coefficient (Wildman–Crippen LogP) is 4.41. The maximum absolute atomic E-state index is 11.7. The Morgan fingerprint density at radius 3 is 1.93 bits per heavy atom. The summed E-state index contributed by atoms with van der Waals surface area (Å²) in [6.07, 6.45) is 6.16. The molecule has 0 unspecified atom stereocenters. The highest BCUT2D eigenvalue weighted by Gasteiger charge is 2.35. The van der Waals surface area contributed by atoms with Gasteiger partial charge in [-0.1, -0.05) is 40.0 Å². The molecular weight excluding hydrogens is 392 g/mol. The number of aromatic hydroxyl groups is 1. The molecule has 1 aromatic carbocycles. The van der Waals surface area contributed by atoms with Crippen molar-refractivity contribution < 1.29 is 39.2 Å². The number of carboxylic acids is 2. The zero-order valence-corrected chi connectivity index (χ0v) is 18.5. The highest BCUT2D eigenvalue weighted by molar-refractivity contribution is 5.88. The van der Waals surface area contributed by atoms with Gasteiger partial charge < -0.3 is 24.8 Å². The topological polar surface area (TPSA) is 130 Å². The number of phenols is 1. The number of carbonyl (C=O) groups is 3. The number of unbranched alkanes of at least 4 members (excludes halogenated alkanes) is 2. The summed E-state index contributed by atoms with van der Waals surface area (Å²) in [5, 5.41) is 25.9. The molecular formula is C22H34O8. The molecule has 0 heterocycles. The first-order chi connectivity index (χ1) is 14.2. The van der Waals surface area contributed by atoms with Gasteiger partial charge in [-0.05, 0) is 30.7 Å². The zero-order valence-electron chi connectivity index (χ0n) is 18.5. The molecule has 0 radical (unpaired) electrons. The summed E-state index contributed by atoms with van der Waals surface area (Å²) in [6, 6.07) is 1.61. The van der Waals surface area contributed by atoms with Crippen molar-refractivity contribution in [2.24, 2.45) is 0 Å². The van der Waals surface area contributed by atoms with Crippen molar-refractivity contribution in [1.29, 1.82) is 0 Å². The molecule has 30 heavy (non-hydrogen) atoms. The number of aliphatic carboxylic acids is 2. The fourth-order valence-electron chi connectivity index (χ4n) is 3.56. The van der Waals surface area contributed by atoms with Crippen LogP contribution in [0.1, 0.15) is 81.6 Å². The van der Waals surface area contributed by atoms with E-state index in [0.29, 0.717) is 11.3 Å². The van der Waals surface area contributed by atoms with Crippen LogP contribution in [0.2, 0.25) is 0 Å². The van der Waals surface area contributed by atoms with Gasteiger partial charge in [-0.25, -0.2) is 0 Å². The number of ether oxygens (including phenoxy) is 2. The molecule has 170 valence electrons. The van der Waals surface area contributed by atoms with Crippen molar-refractivity contribution in [3.05, 3.63) is 17.2 Å². The summed E-state index contributed by atoms with van der Waals surface area (Å²) in [7, 11) is 2.99. The normalized spacial score (nSPS) is 10.6. The average Bonchev–Trinajstić information content (AvgIpc) is 2.71. The van der Waals surface area contributed by atoms with Crippen LogP contribution in [-0.2, 0) is 15.0 Å². The lowest BCUT2D eigenvalue weighted by atomic mass is 9.70. The summed E-state index contributed by atoms with van der Waals surface area (Å²) in [5.74, 6) is -2.02. The molecule has 0 bridgehead atoms. The van der Waals surface area contributed by atoms with Crippen molar-refractivity contribution in [3.8, 4) is 17.2 Å². The van der Waals surface area contributed by atoms with E-state index >= 15 is 0 Å². The summed E-state index contributed by atoms with van der Waals surface area (Å²) in [4.78, 5) is 30.5. The number of methoxy groups -OCH3 is 2. The van der Waals surface area contributed by atoms with Gasteiger partial charge in [0.05, 0.1) is 14.2 Å². The van der Waals surface area contributed by atoms with E-state index in [4.69, 9.17) is 19.7 Å². The molecule has 0 aliphatic rings. The van der Waals surface area contributed by atoms with Crippen LogP contribution in [0.15, 0.2) is 6.07 Å². The lowest BCUT2D eigenvalue weighted by Gasteiger charge is -2.35. The molecule has 0 aromatic heterocycles. The smallest absolute Gasteiger partial charge is 0.314 e. The molecule has 0 aliphatic heterocycles. The van der Waals surface area contributed by atoms with Gasteiger partial charge in [-0.15, -0.1) is 0 Å². The molecule has 0 saturated heterocycles. The van der Waals surface area contributed by atoms with Crippen molar-refractivity contribution in [2.45, 2.75) is 71.1 Å². The van der Waals surface area contributed by atoms with Crippen LogP contribution >= 0.6 is 0 Å². The van der Waals surface area contributed by atoms with Gasteiger partial charge in [0.1, 0.15) is 6.42 Å². The first-order valence-electron chi connectivity index (χ1n) is 10.0. The predicted molar refractivity (Wildman–Crippen MR) is 113 cm³/mol. The van der Waals surface area contributed by atoms with Crippen LogP contribution in [0.5, 0.6) is 17.2 Å². The number of benzene rings is 1. The van der Waals surface area contributed by atoms with Gasteiger partial charge in [0.15, 0.2) is 17.8 Å². The third-order valence-corrected chi connectivity index (χ3v) is 5.25. The lowest BCUT2D eigenvalue weighted by molar-refractivity contribution is -0.147. The third-order valence-electron chi connectivity index (χ3n) is 5.25. The van der Waals surface area contributed by atoms with Crippen LogP contribution in [-0.4, -0.2) is 47.8 Å². The molecule has 0 atom stereocenters.